The summed E-state index contributed by atoms with van der Waals surface area (Å²) in [5.74, 6) is 0.613. The van der Waals surface area contributed by atoms with Crippen LogP contribution < -0.4 is 10.5 Å². The van der Waals surface area contributed by atoms with Gasteiger partial charge in [0, 0.05) is 6.07 Å². The summed E-state index contributed by atoms with van der Waals surface area (Å²) < 4.78 is 4.86. The molecule has 0 atom stereocenters. The van der Waals surface area contributed by atoms with E-state index in [1.165, 1.54) is 5.55 Å². The molecular weight excluding hydrogens is 146 g/mol. The van der Waals surface area contributed by atoms with E-state index in [2.05, 4.69) is 12.2 Å². The van der Waals surface area contributed by atoms with Gasteiger partial charge in [0.2, 0.25) is 0 Å². The molecule has 0 heterocycles. The SMILES string of the molecule is [NH]c1cccc(OC=S)c1. The Morgan fingerprint density at radius 2 is 2.30 bits per heavy atom. The van der Waals surface area contributed by atoms with Crippen LogP contribution in [0, 0.1) is 0 Å². The highest BCUT2D eigenvalue weighted by atomic mass is 32.1. The second-order valence-electron chi connectivity index (χ2n) is 1.74. The first-order valence-corrected chi connectivity index (χ1v) is 3.22. The van der Waals surface area contributed by atoms with Gasteiger partial charge in [-0.15, -0.1) is 0 Å². The molecule has 10 heavy (non-hydrogen) atoms. The maximum absolute atomic E-state index is 7.19. The fraction of sp³-hybridized carbons (Fsp3) is 0. The molecular formula is C7H6NOS. The summed E-state index contributed by atoms with van der Waals surface area (Å²) in [6, 6.07) is 6.77. The highest BCUT2D eigenvalue weighted by Gasteiger charge is 1.89. The van der Waals surface area contributed by atoms with Crippen LogP contribution in [0.3, 0.4) is 0 Å². The van der Waals surface area contributed by atoms with Crippen molar-refractivity contribution in [2.24, 2.45) is 0 Å². The van der Waals surface area contributed by atoms with E-state index in [0.29, 0.717) is 11.4 Å². The van der Waals surface area contributed by atoms with Crippen LogP contribution in [-0.4, -0.2) is 5.55 Å². The van der Waals surface area contributed by atoms with Gasteiger partial charge in [0.25, 0.3) is 0 Å². The molecule has 0 saturated heterocycles. The Bertz CT molecular complexity index is 237. The Morgan fingerprint density at radius 3 is 2.90 bits per heavy atom. The monoisotopic (exact) mass is 152 g/mol. The highest BCUT2D eigenvalue weighted by molar-refractivity contribution is 7.78. The van der Waals surface area contributed by atoms with E-state index >= 15 is 0 Å². The molecule has 51 valence electrons. The van der Waals surface area contributed by atoms with Crippen molar-refractivity contribution in [2.75, 3.05) is 0 Å². The summed E-state index contributed by atoms with van der Waals surface area (Å²) in [5, 5.41) is 0. The van der Waals surface area contributed by atoms with Crippen molar-refractivity contribution in [3.63, 3.8) is 0 Å². The quantitative estimate of drug-likeness (QED) is 0.607. The molecule has 0 aliphatic rings. The third-order valence-corrected chi connectivity index (χ3v) is 1.11. The number of benzene rings is 1. The van der Waals surface area contributed by atoms with E-state index in [9.17, 15) is 0 Å². The minimum absolute atomic E-state index is 0.425. The van der Waals surface area contributed by atoms with Gasteiger partial charge in [0.15, 0.2) is 5.55 Å². The standard InChI is InChI=1S/C7H6NOS/c8-6-2-1-3-7(4-6)9-5-10/h1-5,8H. The Labute approximate surface area is 64.6 Å². The average Bonchev–Trinajstić information content (AvgIpc) is 1.88. The number of rotatable bonds is 2. The van der Waals surface area contributed by atoms with Crippen LogP contribution in [0.5, 0.6) is 5.75 Å². The number of hydrogen-bond acceptors (Lipinski definition) is 2. The van der Waals surface area contributed by atoms with Gasteiger partial charge < -0.3 is 10.5 Å². The van der Waals surface area contributed by atoms with Gasteiger partial charge >= 0.3 is 0 Å². The summed E-state index contributed by atoms with van der Waals surface area (Å²) in [7, 11) is 0. The van der Waals surface area contributed by atoms with Gasteiger partial charge in [-0.2, -0.15) is 0 Å². The van der Waals surface area contributed by atoms with Crippen molar-refractivity contribution in [3.05, 3.63) is 24.3 Å². The first kappa shape index (κ1) is 7.02. The summed E-state index contributed by atoms with van der Waals surface area (Å²) in [4.78, 5) is 0. The minimum atomic E-state index is 0.425. The summed E-state index contributed by atoms with van der Waals surface area (Å²) in [6.07, 6.45) is 0. The lowest BCUT2D eigenvalue weighted by atomic mass is 10.3. The molecule has 0 aliphatic heterocycles. The van der Waals surface area contributed by atoms with Gasteiger partial charge in [0.05, 0.1) is 5.69 Å². The summed E-state index contributed by atoms with van der Waals surface area (Å²) in [6.45, 7) is 0. The van der Waals surface area contributed by atoms with E-state index in [1.807, 2.05) is 0 Å². The molecule has 0 aliphatic carbocycles. The Hall–Kier alpha value is -1.09. The average molecular weight is 152 g/mol. The Morgan fingerprint density at radius 1 is 1.50 bits per heavy atom. The highest BCUT2D eigenvalue weighted by Crippen LogP contribution is 2.14. The van der Waals surface area contributed by atoms with Crippen LogP contribution in [0.4, 0.5) is 5.69 Å². The maximum atomic E-state index is 7.19. The third-order valence-electron chi connectivity index (χ3n) is 1.02. The third kappa shape index (κ3) is 1.70. The molecule has 1 aromatic rings. The van der Waals surface area contributed by atoms with Crippen molar-refractivity contribution in [1.82, 2.24) is 5.73 Å². The second-order valence-corrected chi connectivity index (χ2v) is 1.93. The first-order valence-electron chi connectivity index (χ1n) is 2.75. The molecule has 0 unspecified atom stereocenters. The molecule has 3 heteroatoms. The molecule has 2 nitrogen and oxygen atoms in total. The smallest absolute Gasteiger partial charge is 0.154 e. The largest absolute Gasteiger partial charge is 0.454 e. The number of nitrogens with one attached hydrogen (secondary N) is 1. The first-order chi connectivity index (χ1) is 4.83. The zero-order valence-electron chi connectivity index (χ0n) is 5.20. The van der Waals surface area contributed by atoms with Crippen LogP contribution in [0.2, 0.25) is 0 Å². The van der Waals surface area contributed by atoms with Crippen molar-refractivity contribution < 1.29 is 4.74 Å². The summed E-state index contributed by atoms with van der Waals surface area (Å²) >= 11 is 4.47. The predicted octanol–water partition coefficient (Wildman–Crippen LogP) is 1.94. The van der Waals surface area contributed by atoms with E-state index in [4.69, 9.17) is 10.5 Å². The van der Waals surface area contributed by atoms with E-state index < -0.39 is 0 Å². The predicted molar refractivity (Wildman–Crippen MR) is 43.5 cm³/mol. The van der Waals surface area contributed by atoms with Gasteiger partial charge in [-0.3, -0.25) is 0 Å². The van der Waals surface area contributed by atoms with E-state index in [0.717, 1.165) is 0 Å². The van der Waals surface area contributed by atoms with Crippen LogP contribution in [0.1, 0.15) is 0 Å². The molecule has 0 bridgehead atoms. The van der Waals surface area contributed by atoms with Crippen molar-refractivity contribution in [1.29, 1.82) is 0 Å². The van der Waals surface area contributed by atoms with E-state index in [1.54, 1.807) is 24.3 Å². The van der Waals surface area contributed by atoms with Crippen LogP contribution in [-0.2, 0) is 0 Å². The van der Waals surface area contributed by atoms with Crippen LogP contribution in [0.15, 0.2) is 24.3 Å². The van der Waals surface area contributed by atoms with Crippen molar-refractivity contribution >= 4 is 23.5 Å². The van der Waals surface area contributed by atoms with E-state index in [-0.39, 0.29) is 0 Å². The normalized spacial score (nSPS) is 8.80. The van der Waals surface area contributed by atoms with Crippen molar-refractivity contribution in [2.45, 2.75) is 0 Å². The lowest BCUT2D eigenvalue weighted by Gasteiger charge is -1.97. The summed E-state index contributed by atoms with van der Waals surface area (Å²) in [5.41, 5.74) is 8.79. The molecule has 1 N–H and O–H groups in total. The van der Waals surface area contributed by atoms with Gasteiger partial charge in [-0.05, 0) is 24.4 Å². The number of hydrogen-bond donors (Lipinski definition) is 0. The number of thiocarbonyl (C=S) groups is 1. The minimum Gasteiger partial charge on any atom is -0.454 e. The molecule has 0 aromatic heterocycles. The number of ether oxygens (including phenoxy) is 1. The van der Waals surface area contributed by atoms with Gasteiger partial charge in [-0.25, -0.2) is 0 Å². The fourth-order valence-corrected chi connectivity index (χ4v) is 0.736. The molecule has 1 radical (unpaired) electrons. The van der Waals surface area contributed by atoms with Crippen LogP contribution in [0.25, 0.3) is 0 Å². The molecule has 0 saturated carbocycles. The maximum Gasteiger partial charge on any atom is 0.154 e. The molecule has 1 rings (SSSR count). The zero-order chi connectivity index (χ0) is 7.40. The Balaban J connectivity index is 2.84. The lowest BCUT2D eigenvalue weighted by molar-refractivity contribution is 0.586. The lowest BCUT2D eigenvalue weighted by Crippen LogP contribution is -1.85. The second kappa shape index (κ2) is 3.17. The fourth-order valence-electron chi connectivity index (χ4n) is 0.625. The molecule has 0 fully saturated rings. The zero-order valence-corrected chi connectivity index (χ0v) is 6.02. The van der Waals surface area contributed by atoms with Gasteiger partial charge in [-0.1, -0.05) is 6.07 Å². The Kier molecular flexibility index (Phi) is 2.23. The molecule has 0 amide bonds. The molecule has 0 spiro atoms. The van der Waals surface area contributed by atoms with Crippen molar-refractivity contribution in [3.8, 4) is 5.75 Å². The van der Waals surface area contributed by atoms with Crippen LogP contribution >= 0.6 is 12.2 Å². The topological polar surface area (TPSA) is 33.0 Å². The molecule has 1 aromatic carbocycles. The van der Waals surface area contributed by atoms with Gasteiger partial charge in [0.1, 0.15) is 5.75 Å².